The summed E-state index contributed by atoms with van der Waals surface area (Å²) in [6, 6.07) is 25.1. The van der Waals surface area contributed by atoms with E-state index >= 15 is 0 Å². The monoisotopic (exact) mass is 590 g/mol. The number of carbonyl (C=O) groups excluding carboxylic acids is 1. The molecule has 44 heavy (non-hydrogen) atoms. The van der Waals surface area contributed by atoms with Gasteiger partial charge in [0.1, 0.15) is 11.0 Å². The van der Waals surface area contributed by atoms with Crippen molar-refractivity contribution in [1.82, 2.24) is 9.55 Å². The van der Waals surface area contributed by atoms with Gasteiger partial charge in [0.15, 0.2) is 0 Å². The van der Waals surface area contributed by atoms with Gasteiger partial charge in [-0.2, -0.15) is 0 Å². The van der Waals surface area contributed by atoms with Gasteiger partial charge in [0.2, 0.25) is 0 Å². The average Bonchev–Trinajstić information content (AvgIpc) is 3.56. The summed E-state index contributed by atoms with van der Waals surface area (Å²) in [6.45, 7) is 20.3. The van der Waals surface area contributed by atoms with Gasteiger partial charge in [0, 0.05) is 11.9 Å². The summed E-state index contributed by atoms with van der Waals surface area (Å²) in [5.74, 6) is 0. The van der Waals surface area contributed by atoms with E-state index in [0.717, 1.165) is 39.2 Å². The molecule has 1 aliphatic heterocycles. The molecule has 1 aliphatic carbocycles. The third-order valence-electron chi connectivity index (χ3n) is 9.33. The second kappa shape index (κ2) is 9.92. The molecule has 0 unspecified atom stereocenters. The summed E-state index contributed by atoms with van der Waals surface area (Å²) in [6.07, 6.45) is 1.40. The molecule has 1 saturated heterocycles. The van der Waals surface area contributed by atoms with Crippen LogP contribution in [0.25, 0.3) is 11.1 Å². The topological polar surface area (TPSA) is 62.6 Å². The largest absolute Gasteiger partial charge is 0.513 e. The molecule has 7 heteroatoms. The second-order valence-corrected chi connectivity index (χ2v) is 15.1. The lowest BCUT2D eigenvalue weighted by molar-refractivity contribution is 0.00578. The highest BCUT2D eigenvalue weighted by atomic mass is 16.7. The Morgan fingerprint density at radius 3 is 1.86 bits per heavy atom. The Hall–Kier alpha value is -3.68. The molecule has 0 spiro atoms. The molecule has 1 fully saturated rings. The molecule has 0 bridgehead atoms. The number of carbonyl (C=O) groups is 1. The van der Waals surface area contributed by atoms with E-state index in [0.29, 0.717) is 5.59 Å². The fourth-order valence-electron chi connectivity index (χ4n) is 6.42. The maximum atomic E-state index is 14.4. The molecule has 0 N–H and O–H groups in total. The Labute approximate surface area is 261 Å². The Kier molecular flexibility index (Phi) is 6.84. The fourth-order valence-corrected chi connectivity index (χ4v) is 6.42. The number of aromatic nitrogens is 2. The predicted octanol–water partition coefficient (Wildman–Crippen LogP) is 7.63. The van der Waals surface area contributed by atoms with Crippen LogP contribution in [0.15, 0.2) is 79.0 Å². The van der Waals surface area contributed by atoms with Gasteiger partial charge in [-0.3, -0.25) is 9.55 Å². The van der Waals surface area contributed by atoms with Crippen LogP contribution in [0.4, 0.5) is 4.79 Å². The lowest BCUT2D eigenvalue weighted by atomic mass is 9.71. The van der Waals surface area contributed by atoms with Crippen molar-refractivity contribution < 1.29 is 18.8 Å². The number of hydrogen-bond donors (Lipinski definition) is 0. The maximum absolute atomic E-state index is 14.4. The summed E-state index contributed by atoms with van der Waals surface area (Å²) >= 11 is 0. The van der Waals surface area contributed by atoms with Crippen LogP contribution in [-0.4, -0.2) is 39.6 Å². The first kappa shape index (κ1) is 30.4. The molecular weight excluding hydrogens is 547 g/mol. The Morgan fingerprint density at radius 2 is 1.34 bits per heavy atom. The van der Waals surface area contributed by atoms with Crippen molar-refractivity contribution in [1.29, 1.82) is 0 Å². The third-order valence-corrected chi connectivity index (χ3v) is 9.33. The van der Waals surface area contributed by atoms with Gasteiger partial charge in [-0.1, -0.05) is 69.3 Å². The molecule has 3 heterocycles. The molecule has 4 aromatic rings. The van der Waals surface area contributed by atoms with E-state index in [1.54, 1.807) is 4.57 Å². The zero-order valence-corrected chi connectivity index (χ0v) is 27.6. The highest BCUT2D eigenvalue weighted by molar-refractivity contribution is 6.61. The summed E-state index contributed by atoms with van der Waals surface area (Å²) in [4.78, 5) is 19.5. The maximum Gasteiger partial charge on any atom is 0.513 e. The van der Waals surface area contributed by atoms with Crippen LogP contribution in [-0.2, 0) is 24.9 Å². The van der Waals surface area contributed by atoms with E-state index in [1.165, 1.54) is 0 Å². The number of nitrogens with zero attached hydrogens (tertiary/aromatic N) is 2. The van der Waals surface area contributed by atoms with Gasteiger partial charge >= 0.3 is 13.2 Å². The van der Waals surface area contributed by atoms with Crippen LogP contribution < -0.4 is 5.59 Å². The number of rotatable bonds is 3. The van der Waals surface area contributed by atoms with Gasteiger partial charge in [-0.05, 0) is 106 Å². The predicted molar refractivity (Wildman–Crippen MR) is 176 cm³/mol. The molecule has 0 saturated carbocycles. The number of hydrogen-bond acceptors (Lipinski definition) is 5. The Morgan fingerprint density at radius 1 is 0.795 bits per heavy atom. The van der Waals surface area contributed by atoms with Crippen LogP contribution in [0.2, 0.25) is 0 Å². The minimum atomic E-state index is -0.923. The first-order chi connectivity index (χ1) is 20.5. The lowest BCUT2D eigenvalue weighted by Crippen LogP contribution is -2.46. The van der Waals surface area contributed by atoms with Crippen molar-refractivity contribution in [2.45, 2.75) is 96.9 Å². The first-order valence-electron chi connectivity index (χ1n) is 15.4. The molecule has 0 amide bonds. The van der Waals surface area contributed by atoms with E-state index in [-0.39, 0.29) is 5.41 Å². The molecular formula is C37H43BN2O4. The first-order valence-corrected chi connectivity index (χ1v) is 15.4. The van der Waals surface area contributed by atoms with E-state index in [2.05, 4.69) is 81.4 Å². The number of benzene rings is 2. The molecule has 0 atom stereocenters. The Bertz CT molecular complexity index is 1690. The van der Waals surface area contributed by atoms with Crippen LogP contribution in [0.1, 0.15) is 97.3 Å². The van der Waals surface area contributed by atoms with Gasteiger partial charge < -0.3 is 14.0 Å². The summed E-state index contributed by atoms with van der Waals surface area (Å²) in [5.41, 5.74) is 4.71. The van der Waals surface area contributed by atoms with Gasteiger partial charge in [-0.25, -0.2) is 4.79 Å². The zero-order chi connectivity index (χ0) is 31.9. The number of ether oxygens (including phenoxy) is 1. The minimum absolute atomic E-state index is 0.114. The van der Waals surface area contributed by atoms with Gasteiger partial charge in [0.25, 0.3) is 0 Å². The summed E-state index contributed by atoms with van der Waals surface area (Å²) in [7, 11) is -0.779. The van der Waals surface area contributed by atoms with Crippen molar-refractivity contribution in [2.75, 3.05) is 0 Å². The molecule has 2 aromatic carbocycles. The summed E-state index contributed by atoms with van der Waals surface area (Å²) in [5, 5.41) is 0. The van der Waals surface area contributed by atoms with Crippen molar-refractivity contribution in [3.8, 4) is 11.1 Å². The van der Waals surface area contributed by atoms with E-state index < -0.39 is 35.4 Å². The average molecular weight is 591 g/mol. The lowest BCUT2D eigenvalue weighted by Gasteiger charge is -2.34. The normalized spacial score (nSPS) is 18.2. The van der Waals surface area contributed by atoms with Gasteiger partial charge in [0.05, 0.1) is 22.5 Å². The van der Waals surface area contributed by atoms with E-state index in [9.17, 15) is 4.79 Å². The molecule has 6 rings (SSSR count). The van der Waals surface area contributed by atoms with Crippen molar-refractivity contribution in [3.63, 3.8) is 0 Å². The summed E-state index contributed by atoms with van der Waals surface area (Å²) < 4.78 is 20.8. The fraction of sp³-hybridized carbons (Fsp3) is 0.405. The Balaban J connectivity index is 1.72. The van der Waals surface area contributed by atoms with Crippen LogP contribution in [0.5, 0.6) is 0 Å². The zero-order valence-electron chi connectivity index (χ0n) is 27.6. The van der Waals surface area contributed by atoms with Crippen LogP contribution in [0, 0.1) is 0 Å². The third kappa shape index (κ3) is 4.64. The molecule has 2 aliphatic rings. The number of pyridine rings is 1. The van der Waals surface area contributed by atoms with Crippen molar-refractivity contribution in [2.24, 2.45) is 0 Å². The standard InChI is InChI=1S/C37H43BN2O4/c1-33(2,3)24-21-22-39-29(23-24)37(27-17-13-11-15-25(27)26-16-12-14-18-28(26)37)30-19-20-31(40(30)32(41)42-34(4,5)6)38-43-35(7,8)36(9,10)44-38/h11-23H,1-10H3. The molecule has 228 valence electrons. The van der Waals surface area contributed by atoms with E-state index in [4.69, 9.17) is 19.0 Å². The molecule has 2 aromatic heterocycles. The quantitative estimate of drug-likeness (QED) is 0.202. The highest BCUT2D eigenvalue weighted by Crippen LogP contribution is 2.56. The highest BCUT2D eigenvalue weighted by Gasteiger charge is 2.55. The van der Waals surface area contributed by atoms with Crippen LogP contribution >= 0.6 is 0 Å². The van der Waals surface area contributed by atoms with Gasteiger partial charge in [-0.15, -0.1) is 0 Å². The van der Waals surface area contributed by atoms with E-state index in [1.807, 2.05) is 66.8 Å². The number of fused-ring (bicyclic) bond motifs is 3. The second-order valence-electron chi connectivity index (χ2n) is 15.1. The molecule has 6 nitrogen and oxygen atoms in total. The minimum Gasteiger partial charge on any atom is -0.443 e. The van der Waals surface area contributed by atoms with Crippen LogP contribution in [0.3, 0.4) is 0 Å². The van der Waals surface area contributed by atoms with Crippen molar-refractivity contribution >= 4 is 18.8 Å². The van der Waals surface area contributed by atoms with Crippen molar-refractivity contribution in [3.05, 3.63) is 107 Å². The smallest absolute Gasteiger partial charge is 0.443 e. The SMILES string of the molecule is CC(C)(C)OC(=O)n1c(B2OC(C)(C)C(C)(C)O2)ccc1C1(c2cc(C(C)(C)C)ccn2)c2ccccc2-c2ccccc21. The molecule has 0 radical (unpaired) electrons.